The fourth-order valence-electron chi connectivity index (χ4n) is 3.72. The molecule has 1 aliphatic carbocycles. The van der Waals surface area contributed by atoms with Crippen molar-refractivity contribution < 1.29 is 19.1 Å². The summed E-state index contributed by atoms with van der Waals surface area (Å²) in [6, 6.07) is 16.9. The van der Waals surface area contributed by atoms with E-state index in [0.717, 1.165) is 36.8 Å². The standard InChI is InChI=1S/C25H29NO4/c1-29-23-16-10-9-13-20(23)17-22(19-11-5-4-6-12-19)25(28)30-18-24(27)26-21-14-7-2-3-8-15-21/h4-6,9-13,16-17,21H,2-3,7-8,14-15,18H2,1H3,(H,26,27)/b22-17+. The molecule has 0 radical (unpaired) electrons. The fourth-order valence-corrected chi connectivity index (χ4v) is 3.72. The minimum atomic E-state index is -0.539. The molecule has 30 heavy (non-hydrogen) atoms. The molecule has 0 heterocycles. The van der Waals surface area contributed by atoms with Gasteiger partial charge in [-0.15, -0.1) is 0 Å². The second kappa shape index (κ2) is 11.2. The molecule has 0 spiro atoms. The summed E-state index contributed by atoms with van der Waals surface area (Å²) < 4.78 is 10.8. The normalized spacial score (nSPS) is 15.2. The lowest BCUT2D eigenvalue weighted by molar-refractivity contribution is -0.143. The Kier molecular flexibility index (Phi) is 8.07. The number of hydrogen-bond donors (Lipinski definition) is 1. The third-order valence-corrected chi connectivity index (χ3v) is 5.30. The zero-order valence-electron chi connectivity index (χ0n) is 17.4. The Morgan fingerprint density at radius 2 is 1.63 bits per heavy atom. The van der Waals surface area contributed by atoms with Crippen LogP contribution in [0.1, 0.15) is 49.7 Å². The lowest BCUT2D eigenvalue weighted by atomic mass is 10.0. The second-order valence-electron chi connectivity index (χ2n) is 7.50. The van der Waals surface area contributed by atoms with Gasteiger partial charge in [-0.2, -0.15) is 0 Å². The highest BCUT2D eigenvalue weighted by molar-refractivity contribution is 6.22. The van der Waals surface area contributed by atoms with Gasteiger partial charge >= 0.3 is 5.97 Å². The number of amides is 1. The van der Waals surface area contributed by atoms with Gasteiger partial charge in [-0.3, -0.25) is 4.79 Å². The largest absolute Gasteiger partial charge is 0.496 e. The summed E-state index contributed by atoms with van der Waals surface area (Å²) in [5.74, 6) is -0.132. The third kappa shape index (κ3) is 6.21. The minimum Gasteiger partial charge on any atom is -0.496 e. The highest BCUT2D eigenvalue weighted by atomic mass is 16.5. The van der Waals surface area contributed by atoms with Crippen molar-refractivity contribution in [1.29, 1.82) is 0 Å². The Morgan fingerprint density at radius 3 is 2.33 bits per heavy atom. The molecule has 0 saturated heterocycles. The number of rotatable bonds is 7. The van der Waals surface area contributed by atoms with E-state index in [2.05, 4.69) is 5.32 Å². The fraction of sp³-hybridized carbons (Fsp3) is 0.360. The summed E-state index contributed by atoms with van der Waals surface area (Å²) in [7, 11) is 1.59. The van der Waals surface area contributed by atoms with Gasteiger partial charge in [0.05, 0.1) is 12.7 Å². The van der Waals surface area contributed by atoms with Crippen molar-refractivity contribution in [2.75, 3.05) is 13.7 Å². The first kappa shape index (κ1) is 21.6. The first-order valence-electron chi connectivity index (χ1n) is 10.5. The van der Waals surface area contributed by atoms with Gasteiger partial charge in [0.25, 0.3) is 5.91 Å². The summed E-state index contributed by atoms with van der Waals surface area (Å²) in [4.78, 5) is 25.2. The first-order valence-corrected chi connectivity index (χ1v) is 10.5. The average Bonchev–Trinajstić information content (AvgIpc) is 3.05. The Morgan fingerprint density at radius 1 is 0.967 bits per heavy atom. The maximum absolute atomic E-state index is 12.9. The summed E-state index contributed by atoms with van der Waals surface area (Å²) in [5.41, 5.74) is 1.86. The van der Waals surface area contributed by atoms with Crippen molar-refractivity contribution in [1.82, 2.24) is 5.32 Å². The number of ether oxygens (including phenoxy) is 2. The number of hydrogen-bond acceptors (Lipinski definition) is 4. The van der Waals surface area contributed by atoms with Gasteiger partial charge in [0.1, 0.15) is 5.75 Å². The van der Waals surface area contributed by atoms with Crippen molar-refractivity contribution in [3.8, 4) is 5.75 Å². The smallest absolute Gasteiger partial charge is 0.339 e. The number of esters is 1. The Balaban J connectivity index is 1.71. The SMILES string of the molecule is COc1ccccc1/C=C(/C(=O)OCC(=O)NC1CCCCCC1)c1ccccc1. The highest BCUT2D eigenvalue weighted by Crippen LogP contribution is 2.25. The van der Waals surface area contributed by atoms with Gasteiger partial charge in [0.15, 0.2) is 6.61 Å². The van der Waals surface area contributed by atoms with Crippen LogP contribution in [0.2, 0.25) is 0 Å². The van der Waals surface area contributed by atoms with Crippen LogP contribution in [0.4, 0.5) is 0 Å². The molecule has 2 aromatic carbocycles. The number of para-hydroxylation sites is 1. The van der Waals surface area contributed by atoms with Crippen LogP contribution in [0, 0.1) is 0 Å². The molecular weight excluding hydrogens is 378 g/mol. The third-order valence-electron chi connectivity index (χ3n) is 5.30. The summed E-state index contributed by atoms with van der Waals surface area (Å²) in [6.07, 6.45) is 8.41. The summed E-state index contributed by atoms with van der Waals surface area (Å²) in [6.45, 7) is -0.286. The predicted octanol–water partition coefficient (Wildman–Crippen LogP) is 4.62. The summed E-state index contributed by atoms with van der Waals surface area (Å²) >= 11 is 0. The van der Waals surface area contributed by atoms with Gasteiger partial charge < -0.3 is 14.8 Å². The number of carbonyl (C=O) groups is 2. The molecule has 0 bridgehead atoms. The molecule has 3 rings (SSSR count). The Labute approximate surface area is 178 Å². The van der Waals surface area contributed by atoms with Crippen LogP contribution in [0.25, 0.3) is 11.6 Å². The molecular formula is C25H29NO4. The molecule has 5 heteroatoms. The van der Waals surface area contributed by atoms with Crippen LogP contribution < -0.4 is 10.1 Å². The second-order valence-corrected chi connectivity index (χ2v) is 7.50. The van der Waals surface area contributed by atoms with E-state index in [4.69, 9.17) is 9.47 Å². The first-order chi connectivity index (χ1) is 14.7. The molecule has 1 saturated carbocycles. The highest BCUT2D eigenvalue weighted by Gasteiger charge is 2.19. The molecule has 1 N–H and O–H groups in total. The van der Waals surface area contributed by atoms with Crippen molar-refractivity contribution in [3.63, 3.8) is 0 Å². The van der Waals surface area contributed by atoms with Crippen LogP contribution >= 0.6 is 0 Å². The molecule has 0 atom stereocenters. The predicted molar refractivity (Wildman–Crippen MR) is 118 cm³/mol. The maximum Gasteiger partial charge on any atom is 0.339 e. The minimum absolute atomic E-state index is 0.177. The number of nitrogens with one attached hydrogen (secondary N) is 1. The van der Waals surface area contributed by atoms with E-state index < -0.39 is 5.97 Å². The van der Waals surface area contributed by atoms with Crippen LogP contribution in [0.15, 0.2) is 54.6 Å². The maximum atomic E-state index is 12.9. The van der Waals surface area contributed by atoms with E-state index in [1.165, 1.54) is 12.8 Å². The monoisotopic (exact) mass is 407 g/mol. The van der Waals surface area contributed by atoms with E-state index >= 15 is 0 Å². The van der Waals surface area contributed by atoms with Gasteiger partial charge in [0, 0.05) is 11.6 Å². The van der Waals surface area contributed by atoms with E-state index in [9.17, 15) is 9.59 Å². The molecule has 0 aromatic heterocycles. The quantitative estimate of drug-likeness (QED) is 0.315. The number of benzene rings is 2. The van der Waals surface area contributed by atoms with E-state index in [1.54, 1.807) is 13.2 Å². The van der Waals surface area contributed by atoms with Crippen molar-refractivity contribution in [2.24, 2.45) is 0 Å². The van der Waals surface area contributed by atoms with Crippen molar-refractivity contribution in [2.45, 2.75) is 44.6 Å². The van der Waals surface area contributed by atoms with Crippen LogP contribution in [-0.4, -0.2) is 31.6 Å². The topological polar surface area (TPSA) is 64.6 Å². The van der Waals surface area contributed by atoms with Gasteiger partial charge in [0.2, 0.25) is 0 Å². The van der Waals surface area contributed by atoms with Crippen molar-refractivity contribution >= 4 is 23.5 Å². The Hall–Kier alpha value is -3.08. The summed E-state index contributed by atoms with van der Waals surface area (Å²) in [5, 5.41) is 3.01. The molecule has 0 unspecified atom stereocenters. The van der Waals surface area contributed by atoms with E-state index in [0.29, 0.717) is 11.3 Å². The Bertz CT molecular complexity index is 868. The lowest BCUT2D eigenvalue weighted by Crippen LogP contribution is -2.37. The molecule has 158 valence electrons. The van der Waals surface area contributed by atoms with Crippen LogP contribution in [0.5, 0.6) is 5.75 Å². The zero-order valence-corrected chi connectivity index (χ0v) is 17.4. The lowest BCUT2D eigenvalue weighted by Gasteiger charge is -2.16. The zero-order chi connectivity index (χ0) is 21.2. The van der Waals surface area contributed by atoms with Gasteiger partial charge in [-0.1, -0.05) is 74.2 Å². The van der Waals surface area contributed by atoms with Crippen molar-refractivity contribution in [3.05, 3.63) is 65.7 Å². The van der Waals surface area contributed by atoms with Gasteiger partial charge in [-0.05, 0) is 30.5 Å². The number of methoxy groups -OCH3 is 1. The van der Waals surface area contributed by atoms with E-state index in [1.807, 2.05) is 54.6 Å². The van der Waals surface area contributed by atoms with Gasteiger partial charge in [-0.25, -0.2) is 4.79 Å². The molecule has 1 aliphatic rings. The molecule has 0 aliphatic heterocycles. The molecule has 1 fully saturated rings. The molecule has 1 amide bonds. The molecule has 5 nitrogen and oxygen atoms in total. The molecule has 2 aromatic rings. The van der Waals surface area contributed by atoms with Crippen LogP contribution in [0.3, 0.4) is 0 Å². The average molecular weight is 408 g/mol. The van der Waals surface area contributed by atoms with Crippen LogP contribution in [-0.2, 0) is 14.3 Å². The van der Waals surface area contributed by atoms with E-state index in [-0.39, 0.29) is 18.6 Å². The number of carbonyl (C=O) groups excluding carboxylic acids is 2.